The highest BCUT2D eigenvalue weighted by atomic mass is 28.4. The van der Waals surface area contributed by atoms with Crippen molar-refractivity contribution < 1.29 is 33.3 Å². The van der Waals surface area contributed by atoms with E-state index < -0.39 is 50.3 Å². The van der Waals surface area contributed by atoms with Crippen LogP contribution in [0.4, 0.5) is 5.82 Å². The molecule has 8 rings (SSSR count). The van der Waals surface area contributed by atoms with Crippen LogP contribution in [-0.4, -0.2) is 76.8 Å². The first-order chi connectivity index (χ1) is 30.3. The van der Waals surface area contributed by atoms with E-state index in [4.69, 9.17) is 23.6 Å². The minimum atomic E-state index is -2.58. The molecule has 1 N–H and O–H groups in total. The van der Waals surface area contributed by atoms with Gasteiger partial charge in [-0.05, 0) is 71.2 Å². The van der Waals surface area contributed by atoms with Crippen LogP contribution in [0.3, 0.4) is 0 Å². The summed E-state index contributed by atoms with van der Waals surface area (Å²) >= 11 is 0. The molecule has 13 heteroatoms. The van der Waals surface area contributed by atoms with E-state index in [1.54, 1.807) is 72.3 Å². The fraction of sp³-hybridized carbons (Fsp3) is 0.260. The van der Waals surface area contributed by atoms with E-state index in [1.165, 1.54) is 12.7 Å². The van der Waals surface area contributed by atoms with Gasteiger partial charge in [-0.3, -0.25) is 14.2 Å². The molecule has 7 aromatic rings. The molecule has 0 aliphatic carbocycles. The third-order valence-electron chi connectivity index (χ3n) is 12.1. The molecular weight excluding hydrogens is 811 g/mol. The molecule has 0 saturated carbocycles. The number of aliphatic hydroxyl groups excluding tert-OH is 1. The van der Waals surface area contributed by atoms with Gasteiger partial charge in [-0.1, -0.05) is 130 Å². The first-order valence-electron chi connectivity index (χ1n) is 20.9. The Balaban J connectivity index is 1.21. The van der Waals surface area contributed by atoms with Crippen molar-refractivity contribution in [3.63, 3.8) is 0 Å². The fourth-order valence-corrected chi connectivity index (χ4v) is 9.04. The van der Waals surface area contributed by atoms with E-state index in [-0.39, 0.29) is 39.8 Å². The Morgan fingerprint density at radius 2 is 1.24 bits per heavy atom. The van der Waals surface area contributed by atoms with Crippen LogP contribution in [0, 0.1) is 0 Å². The van der Waals surface area contributed by atoms with Gasteiger partial charge in [0.25, 0.3) is 11.8 Å². The van der Waals surface area contributed by atoms with Gasteiger partial charge in [0.15, 0.2) is 31.5 Å². The van der Waals surface area contributed by atoms with Gasteiger partial charge < -0.3 is 23.7 Å². The van der Waals surface area contributed by atoms with Gasteiger partial charge in [-0.15, -0.1) is 0 Å². The maximum absolute atomic E-state index is 14.3. The molecule has 5 aromatic carbocycles. The number of imidazole rings is 1. The van der Waals surface area contributed by atoms with E-state index in [0.717, 1.165) is 21.6 Å². The standard InChI is InChI=1S/C50H51N5O7Si/c1-49(2,3)63(5,6)62-43-42(56)40(31-60-50(36-23-15-9-16-24-36,37-25-17-10-18-26-37)38-27-29-39(59-4)30-28-38)61-48(43)54-33-53-41-44(54)51-32-52-45(41)55(46(57)34-19-11-7-12-20-34)47(58)35-21-13-8-14-22-35/h7-30,32-33,40,42-43,48,56H,31H2,1-6H3/t40-,42-,43-,48-/m1/s1. The van der Waals surface area contributed by atoms with Crippen molar-refractivity contribution in [2.75, 3.05) is 18.6 Å². The fourth-order valence-electron chi connectivity index (χ4n) is 7.75. The van der Waals surface area contributed by atoms with Crippen molar-refractivity contribution in [3.05, 3.63) is 186 Å². The molecule has 4 atom stereocenters. The highest BCUT2D eigenvalue weighted by molar-refractivity contribution is 6.74. The van der Waals surface area contributed by atoms with Gasteiger partial charge in [0.2, 0.25) is 0 Å². The number of benzene rings is 5. The van der Waals surface area contributed by atoms with E-state index in [0.29, 0.717) is 5.75 Å². The number of ether oxygens (including phenoxy) is 3. The zero-order valence-electron chi connectivity index (χ0n) is 36.2. The number of hydrogen-bond donors (Lipinski definition) is 1. The Labute approximate surface area is 368 Å². The minimum Gasteiger partial charge on any atom is -0.497 e. The zero-order valence-corrected chi connectivity index (χ0v) is 37.2. The van der Waals surface area contributed by atoms with Crippen LogP contribution in [-0.2, 0) is 19.5 Å². The molecule has 63 heavy (non-hydrogen) atoms. The lowest BCUT2D eigenvalue weighted by atomic mass is 9.80. The summed E-state index contributed by atoms with van der Waals surface area (Å²) in [7, 11) is -0.950. The summed E-state index contributed by atoms with van der Waals surface area (Å²) in [6.45, 7) is 10.6. The lowest BCUT2D eigenvalue weighted by Gasteiger charge is -2.40. The smallest absolute Gasteiger partial charge is 0.266 e. The molecule has 3 heterocycles. The molecule has 0 radical (unpaired) electrons. The second kappa shape index (κ2) is 17.8. The van der Waals surface area contributed by atoms with Crippen LogP contribution in [0.15, 0.2) is 158 Å². The Morgan fingerprint density at radius 1 is 0.730 bits per heavy atom. The lowest BCUT2D eigenvalue weighted by molar-refractivity contribution is -0.0940. The Morgan fingerprint density at radius 3 is 1.75 bits per heavy atom. The summed E-state index contributed by atoms with van der Waals surface area (Å²) in [5.41, 5.74) is 2.51. The Kier molecular flexibility index (Phi) is 12.2. The third-order valence-corrected chi connectivity index (χ3v) is 16.6. The molecule has 322 valence electrons. The molecule has 1 fully saturated rings. The second-order valence-corrected chi connectivity index (χ2v) is 21.8. The maximum atomic E-state index is 14.3. The van der Waals surface area contributed by atoms with Gasteiger partial charge >= 0.3 is 0 Å². The molecule has 1 aliphatic rings. The van der Waals surface area contributed by atoms with E-state index in [2.05, 4.69) is 43.8 Å². The number of fused-ring (bicyclic) bond motifs is 1. The molecule has 0 spiro atoms. The highest BCUT2D eigenvalue weighted by Crippen LogP contribution is 2.45. The van der Waals surface area contributed by atoms with E-state index >= 15 is 0 Å². The van der Waals surface area contributed by atoms with Crippen molar-refractivity contribution in [2.24, 2.45) is 0 Å². The molecule has 0 unspecified atom stereocenters. The summed E-state index contributed by atoms with van der Waals surface area (Å²) in [4.78, 5) is 43.4. The number of nitrogens with zero attached hydrogens (tertiary/aromatic N) is 5. The van der Waals surface area contributed by atoms with E-state index in [9.17, 15) is 14.7 Å². The predicted octanol–water partition coefficient (Wildman–Crippen LogP) is 8.98. The summed E-state index contributed by atoms with van der Waals surface area (Å²) in [5.74, 6) is -0.467. The highest BCUT2D eigenvalue weighted by Gasteiger charge is 2.52. The number of aromatic nitrogens is 4. The second-order valence-electron chi connectivity index (χ2n) is 17.1. The summed E-state index contributed by atoms with van der Waals surface area (Å²) in [5, 5.41) is 12.2. The average Bonchev–Trinajstić information content (AvgIpc) is 3.87. The van der Waals surface area contributed by atoms with Gasteiger partial charge in [0, 0.05) is 11.1 Å². The lowest BCUT2D eigenvalue weighted by Crippen LogP contribution is -2.49. The molecular formula is C50H51N5O7Si. The predicted molar refractivity (Wildman–Crippen MR) is 243 cm³/mol. The van der Waals surface area contributed by atoms with Crippen LogP contribution in [0.1, 0.15) is 64.4 Å². The Hall–Kier alpha value is -6.35. The van der Waals surface area contributed by atoms with Gasteiger partial charge in [0.05, 0.1) is 20.0 Å². The van der Waals surface area contributed by atoms with Crippen molar-refractivity contribution in [1.29, 1.82) is 0 Å². The first-order valence-corrected chi connectivity index (χ1v) is 23.8. The number of hydrogen-bond acceptors (Lipinski definition) is 10. The number of methoxy groups -OCH3 is 1. The summed E-state index contributed by atoms with van der Waals surface area (Å²) < 4.78 is 28.4. The van der Waals surface area contributed by atoms with Crippen LogP contribution >= 0.6 is 0 Å². The van der Waals surface area contributed by atoms with Gasteiger partial charge in [-0.25, -0.2) is 19.9 Å². The molecule has 2 amide bonds. The van der Waals surface area contributed by atoms with E-state index in [1.807, 2.05) is 84.9 Å². The Bertz CT molecular complexity index is 2570. The number of anilines is 1. The molecule has 1 saturated heterocycles. The SMILES string of the molecule is COc1ccc(C(OC[C@H]2O[C@@H](n3cnc4c(N(C(=O)c5ccccc5)C(=O)c5ccccc5)ncnc43)[C@H](O[Si](C)(C)C(C)(C)C)[C@@H]2O)(c2ccccc2)c2ccccc2)cc1. The number of carbonyl (C=O) groups is 2. The zero-order chi connectivity index (χ0) is 44.4. The van der Waals surface area contributed by atoms with Gasteiger partial charge in [0.1, 0.15) is 36.0 Å². The number of aliphatic hydroxyl groups is 1. The summed E-state index contributed by atoms with van der Waals surface area (Å²) in [6.07, 6.45) is -1.10. The maximum Gasteiger partial charge on any atom is 0.266 e. The average molecular weight is 862 g/mol. The monoisotopic (exact) mass is 861 g/mol. The third kappa shape index (κ3) is 8.33. The number of amides is 2. The summed E-state index contributed by atoms with van der Waals surface area (Å²) in [6, 6.07) is 44.8. The largest absolute Gasteiger partial charge is 0.497 e. The topological polar surface area (TPSA) is 138 Å². The van der Waals surface area contributed by atoms with Crippen molar-refractivity contribution in [1.82, 2.24) is 19.5 Å². The number of imide groups is 1. The molecule has 1 aliphatic heterocycles. The quantitative estimate of drug-likeness (QED) is 0.0680. The number of rotatable bonds is 13. The minimum absolute atomic E-state index is 0.00301. The number of carbonyl (C=O) groups excluding carboxylic acids is 2. The van der Waals surface area contributed by atoms with Gasteiger partial charge in [-0.2, -0.15) is 0 Å². The molecule has 0 bridgehead atoms. The van der Waals surface area contributed by atoms with Crippen LogP contribution in [0.5, 0.6) is 5.75 Å². The van der Waals surface area contributed by atoms with Crippen LogP contribution in [0.2, 0.25) is 18.1 Å². The molecule has 12 nitrogen and oxygen atoms in total. The van der Waals surface area contributed by atoms with Crippen molar-refractivity contribution >= 4 is 37.1 Å². The van der Waals surface area contributed by atoms with Crippen LogP contribution < -0.4 is 9.64 Å². The normalized spacial score (nSPS) is 18.0. The van der Waals surface area contributed by atoms with Crippen molar-refractivity contribution in [3.8, 4) is 5.75 Å². The molecule has 2 aromatic heterocycles. The van der Waals surface area contributed by atoms with Crippen molar-refractivity contribution in [2.45, 2.75) is 69.0 Å². The van der Waals surface area contributed by atoms with Crippen LogP contribution in [0.25, 0.3) is 11.2 Å². The first kappa shape index (κ1) is 43.3.